The zero-order valence-corrected chi connectivity index (χ0v) is 15.8. The molecular weight excluding hydrogens is 350 g/mol. The number of aryl methyl sites for hydroxylation is 1. The Morgan fingerprint density at radius 1 is 1.29 bits per heavy atom. The van der Waals surface area contributed by atoms with Gasteiger partial charge in [-0.3, -0.25) is 4.79 Å². The van der Waals surface area contributed by atoms with E-state index in [9.17, 15) is 4.79 Å². The van der Waals surface area contributed by atoms with Crippen molar-refractivity contribution in [3.63, 3.8) is 0 Å². The normalized spacial score (nSPS) is 10.0. The van der Waals surface area contributed by atoms with Crippen molar-refractivity contribution in [2.75, 3.05) is 21.3 Å². The number of thiazole rings is 1. The molecule has 0 bridgehead atoms. The van der Waals surface area contributed by atoms with E-state index in [0.29, 0.717) is 30.3 Å². The van der Waals surface area contributed by atoms with Crippen LogP contribution in [-0.2, 0) is 13.1 Å². The highest BCUT2D eigenvalue weighted by Gasteiger charge is 2.17. The third kappa shape index (κ3) is 4.37. The lowest BCUT2D eigenvalue weighted by molar-refractivity contribution is 0.0779. The number of methoxy groups -OCH3 is 2. The Morgan fingerprint density at radius 3 is 2.46 bits per heavy atom. The van der Waals surface area contributed by atoms with Crippen molar-refractivity contribution in [1.82, 2.24) is 9.88 Å². The zero-order chi connectivity index (χ0) is 17.0. The number of amides is 1. The van der Waals surface area contributed by atoms with E-state index in [4.69, 9.17) is 15.2 Å². The van der Waals surface area contributed by atoms with Crippen LogP contribution in [-0.4, -0.2) is 37.1 Å². The van der Waals surface area contributed by atoms with Gasteiger partial charge in [0.15, 0.2) is 11.5 Å². The highest BCUT2D eigenvalue weighted by Crippen LogP contribution is 2.30. The summed E-state index contributed by atoms with van der Waals surface area (Å²) >= 11 is 1.40. The fourth-order valence-corrected chi connectivity index (χ4v) is 2.87. The molecule has 0 saturated heterocycles. The average Bonchev–Trinajstić information content (AvgIpc) is 3.04. The Morgan fingerprint density at radius 2 is 1.92 bits per heavy atom. The molecule has 1 amide bonds. The maximum Gasteiger partial charge on any atom is 0.273 e. The van der Waals surface area contributed by atoms with Gasteiger partial charge in [-0.05, 0) is 30.2 Å². The van der Waals surface area contributed by atoms with Crippen molar-refractivity contribution in [2.24, 2.45) is 5.73 Å². The smallest absolute Gasteiger partial charge is 0.273 e. The molecule has 0 fully saturated rings. The van der Waals surface area contributed by atoms with Crippen LogP contribution in [0.4, 0.5) is 0 Å². The van der Waals surface area contributed by atoms with E-state index in [0.717, 1.165) is 16.1 Å². The molecule has 0 saturated carbocycles. The molecule has 2 aromatic rings. The molecule has 2 N–H and O–H groups in total. The van der Waals surface area contributed by atoms with Crippen molar-refractivity contribution in [3.05, 3.63) is 39.3 Å². The first-order valence-corrected chi connectivity index (χ1v) is 7.99. The zero-order valence-electron chi connectivity index (χ0n) is 14.2. The molecule has 0 spiro atoms. The van der Waals surface area contributed by atoms with Crippen LogP contribution >= 0.6 is 23.7 Å². The summed E-state index contributed by atoms with van der Waals surface area (Å²) < 4.78 is 10.6. The van der Waals surface area contributed by atoms with Crippen LogP contribution in [0.15, 0.2) is 17.5 Å². The predicted molar refractivity (Wildman–Crippen MR) is 97.3 cm³/mol. The van der Waals surface area contributed by atoms with Crippen LogP contribution in [0.3, 0.4) is 0 Å². The Hall–Kier alpha value is -1.83. The lowest BCUT2D eigenvalue weighted by atomic mass is 10.1. The lowest BCUT2D eigenvalue weighted by Crippen LogP contribution is -2.27. The number of rotatable bonds is 6. The van der Waals surface area contributed by atoms with Crippen LogP contribution < -0.4 is 15.2 Å². The summed E-state index contributed by atoms with van der Waals surface area (Å²) in [6, 6.07) is 3.80. The number of carbonyl (C=O) groups is 1. The Labute approximate surface area is 152 Å². The van der Waals surface area contributed by atoms with Crippen LogP contribution in [0.25, 0.3) is 0 Å². The summed E-state index contributed by atoms with van der Waals surface area (Å²) in [5, 5.41) is 2.49. The molecule has 0 atom stereocenters. The van der Waals surface area contributed by atoms with E-state index in [2.05, 4.69) is 4.98 Å². The number of benzene rings is 1. The van der Waals surface area contributed by atoms with Crippen LogP contribution in [0.5, 0.6) is 11.5 Å². The van der Waals surface area contributed by atoms with Gasteiger partial charge >= 0.3 is 0 Å². The standard InChI is InChI=1S/C16H21N3O3S.ClH/c1-10-5-13(21-3)14(22-4)6-11(10)8-19(2)16(20)12-9-23-15(7-17)18-12;/h5-6,9H,7-8,17H2,1-4H3;1H. The van der Waals surface area contributed by atoms with Crippen molar-refractivity contribution >= 4 is 29.7 Å². The number of nitrogens with two attached hydrogens (primary N) is 1. The molecule has 0 unspecified atom stereocenters. The van der Waals surface area contributed by atoms with Gasteiger partial charge in [0.05, 0.1) is 14.2 Å². The van der Waals surface area contributed by atoms with Gasteiger partial charge in [0.2, 0.25) is 0 Å². The van der Waals surface area contributed by atoms with Crippen molar-refractivity contribution in [1.29, 1.82) is 0 Å². The molecule has 24 heavy (non-hydrogen) atoms. The minimum Gasteiger partial charge on any atom is -0.493 e. The molecule has 1 aromatic heterocycles. The van der Waals surface area contributed by atoms with Gasteiger partial charge in [0, 0.05) is 25.5 Å². The monoisotopic (exact) mass is 371 g/mol. The first-order chi connectivity index (χ1) is 11.0. The maximum atomic E-state index is 12.4. The minimum atomic E-state index is -0.130. The summed E-state index contributed by atoms with van der Waals surface area (Å²) in [6.07, 6.45) is 0. The molecule has 132 valence electrons. The fraction of sp³-hybridized carbons (Fsp3) is 0.375. The fourth-order valence-electron chi connectivity index (χ4n) is 2.22. The van der Waals surface area contributed by atoms with E-state index in [1.54, 1.807) is 31.5 Å². The topological polar surface area (TPSA) is 77.7 Å². The second kappa shape index (κ2) is 8.86. The molecule has 0 aliphatic carbocycles. The van der Waals surface area contributed by atoms with Crippen molar-refractivity contribution < 1.29 is 14.3 Å². The van der Waals surface area contributed by atoms with Gasteiger partial charge < -0.3 is 20.1 Å². The van der Waals surface area contributed by atoms with E-state index in [1.807, 2.05) is 19.1 Å². The van der Waals surface area contributed by atoms with Gasteiger partial charge in [-0.25, -0.2) is 4.98 Å². The molecule has 1 aromatic carbocycles. The molecule has 1 heterocycles. The van der Waals surface area contributed by atoms with Crippen LogP contribution in [0, 0.1) is 6.92 Å². The Balaban J connectivity index is 0.00000288. The van der Waals surface area contributed by atoms with E-state index in [1.165, 1.54) is 11.3 Å². The third-order valence-corrected chi connectivity index (χ3v) is 4.41. The van der Waals surface area contributed by atoms with Crippen molar-refractivity contribution in [2.45, 2.75) is 20.0 Å². The first-order valence-electron chi connectivity index (χ1n) is 7.11. The number of nitrogens with zero attached hydrogens (tertiary/aromatic N) is 2. The summed E-state index contributed by atoms with van der Waals surface area (Å²) in [7, 11) is 4.94. The number of halogens is 1. The summed E-state index contributed by atoms with van der Waals surface area (Å²) in [6.45, 7) is 2.78. The minimum absolute atomic E-state index is 0. The largest absolute Gasteiger partial charge is 0.493 e. The number of ether oxygens (including phenoxy) is 2. The summed E-state index contributed by atoms with van der Waals surface area (Å²) in [5.74, 6) is 1.19. The lowest BCUT2D eigenvalue weighted by Gasteiger charge is -2.19. The second-order valence-electron chi connectivity index (χ2n) is 5.13. The molecule has 0 radical (unpaired) electrons. The van der Waals surface area contributed by atoms with Crippen molar-refractivity contribution in [3.8, 4) is 11.5 Å². The quantitative estimate of drug-likeness (QED) is 0.844. The molecule has 6 nitrogen and oxygen atoms in total. The van der Waals surface area contributed by atoms with Gasteiger partial charge in [-0.15, -0.1) is 23.7 Å². The van der Waals surface area contributed by atoms with Gasteiger partial charge in [-0.2, -0.15) is 0 Å². The SMILES string of the molecule is COc1cc(C)c(CN(C)C(=O)c2csc(CN)n2)cc1OC.Cl. The summed E-state index contributed by atoms with van der Waals surface area (Å²) in [5.41, 5.74) is 7.99. The van der Waals surface area contributed by atoms with Gasteiger partial charge in [0.1, 0.15) is 10.7 Å². The van der Waals surface area contributed by atoms with E-state index >= 15 is 0 Å². The predicted octanol–water partition coefficient (Wildman–Crippen LogP) is 2.62. The molecule has 0 aliphatic heterocycles. The van der Waals surface area contributed by atoms with Gasteiger partial charge in [-0.1, -0.05) is 0 Å². The molecular formula is C16H22ClN3O3S. The highest BCUT2D eigenvalue weighted by atomic mass is 35.5. The number of aromatic nitrogens is 1. The van der Waals surface area contributed by atoms with Crippen LogP contribution in [0.1, 0.15) is 26.6 Å². The maximum absolute atomic E-state index is 12.4. The average molecular weight is 372 g/mol. The van der Waals surface area contributed by atoms with E-state index < -0.39 is 0 Å². The molecule has 2 rings (SSSR count). The number of carbonyl (C=O) groups excluding carboxylic acids is 1. The van der Waals surface area contributed by atoms with Crippen LogP contribution in [0.2, 0.25) is 0 Å². The summed E-state index contributed by atoms with van der Waals surface area (Å²) in [4.78, 5) is 18.3. The Kier molecular flexibility index (Phi) is 7.47. The Bertz CT molecular complexity index is 706. The van der Waals surface area contributed by atoms with E-state index in [-0.39, 0.29) is 18.3 Å². The van der Waals surface area contributed by atoms with Gasteiger partial charge in [0.25, 0.3) is 5.91 Å². The number of hydrogen-bond donors (Lipinski definition) is 1. The third-order valence-electron chi connectivity index (χ3n) is 3.54. The molecule has 0 aliphatic rings. The first kappa shape index (κ1) is 20.2. The highest BCUT2D eigenvalue weighted by molar-refractivity contribution is 7.09. The molecule has 8 heteroatoms. The second-order valence-corrected chi connectivity index (χ2v) is 6.07. The number of hydrogen-bond acceptors (Lipinski definition) is 6.